The number of halogens is 1. The van der Waals surface area contributed by atoms with Gasteiger partial charge in [-0.2, -0.15) is 0 Å². The fourth-order valence-electron chi connectivity index (χ4n) is 1.56. The summed E-state index contributed by atoms with van der Waals surface area (Å²) < 4.78 is 44.7. The third-order valence-corrected chi connectivity index (χ3v) is 3.96. The maximum absolute atomic E-state index is 13.5. The van der Waals surface area contributed by atoms with Crippen molar-refractivity contribution in [3.8, 4) is 0 Å². The van der Waals surface area contributed by atoms with Gasteiger partial charge in [-0.1, -0.05) is 5.16 Å². The van der Waals surface area contributed by atoms with Crippen molar-refractivity contribution in [2.45, 2.75) is 18.7 Å². The lowest BCUT2D eigenvalue weighted by Gasteiger charge is -2.09. The van der Waals surface area contributed by atoms with Crippen LogP contribution in [0.15, 0.2) is 27.6 Å². The number of rotatable bonds is 3. The second-order valence-corrected chi connectivity index (χ2v) is 5.70. The number of aromatic nitrogens is 1. The van der Waals surface area contributed by atoms with Crippen molar-refractivity contribution < 1.29 is 17.3 Å². The molecule has 0 aliphatic heterocycles. The molecule has 8 heteroatoms. The number of nitrogens with one attached hydrogen (secondary N) is 1. The van der Waals surface area contributed by atoms with Crippen molar-refractivity contribution in [3.63, 3.8) is 0 Å². The van der Waals surface area contributed by atoms with Crippen molar-refractivity contribution in [1.82, 2.24) is 5.16 Å². The lowest BCUT2D eigenvalue weighted by molar-refractivity contribution is 0.400. The second-order valence-electron chi connectivity index (χ2n) is 4.05. The van der Waals surface area contributed by atoms with Crippen LogP contribution in [0.3, 0.4) is 0 Å². The average Bonchev–Trinajstić information content (AvgIpc) is 2.68. The van der Waals surface area contributed by atoms with E-state index in [1.165, 1.54) is 19.1 Å². The lowest BCUT2D eigenvalue weighted by Crippen LogP contribution is -2.15. The standard InChI is InChI=1S/C11H12FN3O3S/c1-6-3-11(14-18-6)15-19(16,17)10-5-8(13)4-9(12)7(10)2/h3-5H,13H2,1-2H3,(H,14,15). The smallest absolute Gasteiger partial charge is 0.263 e. The first-order valence-corrected chi connectivity index (χ1v) is 6.79. The van der Waals surface area contributed by atoms with Gasteiger partial charge in [-0.25, -0.2) is 12.8 Å². The maximum Gasteiger partial charge on any atom is 0.263 e. The Bertz CT molecular complexity index is 725. The number of nitrogens with zero attached hydrogens (tertiary/aromatic N) is 1. The molecule has 0 saturated heterocycles. The van der Waals surface area contributed by atoms with Crippen LogP contribution in [0.5, 0.6) is 0 Å². The topological polar surface area (TPSA) is 98.2 Å². The molecule has 0 aliphatic carbocycles. The van der Waals surface area contributed by atoms with Crippen LogP contribution in [0, 0.1) is 19.7 Å². The normalized spacial score (nSPS) is 11.5. The van der Waals surface area contributed by atoms with Gasteiger partial charge in [-0.3, -0.25) is 4.72 Å². The van der Waals surface area contributed by atoms with Crippen LogP contribution in [0.25, 0.3) is 0 Å². The van der Waals surface area contributed by atoms with Crippen LogP contribution in [0.2, 0.25) is 0 Å². The Hall–Kier alpha value is -2.09. The highest BCUT2D eigenvalue weighted by atomic mass is 32.2. The van der Waals surface area contributed by atoms with Crippen molar-refractivity contribution >= 4 is 21.5 Å². The van der Waals surface area contributed by atoms with Gasteiger partial charge in [0, 0.05) is 17.3 Å². The third-order valence-electron chi connectivity index (χ3n) is 2.48. The van der Waals surface area contributed by atoms with Gasteiger partial charge < -0.3 is 10.3 Å². The Morgan fingerprint density at radius 1 is 1.32 bits per heavy atom. The predicted octanol–water partition coefficient (Wildman–Crippen LogP) is 1.81. The van der Waals surface area contributed by atoms with Crippen molar-refractivity contribution in [1.29, 1.82) is 0 Å². The van der Waals surface area contributed by atoms with Crippen molar-refractivity contribution in [2.24, 2.45) is 0 Å². The minimum Gasteiger partial charge on any atom is -0.399 e. The average molecular weight is 285 g/mol. The molecule has 1 heterocycles. The van der Waals surface area contributed by atoms with Gasteiger partial charge in [0.25, 0.3) is 10.0 Å². The third kappa shape index (κ3) is 2.68. The Morgan fingerprint density at radius 2 is 2.00 bits per heavy atom. The van der Waals surface area contributed by atoms with E-state index in [9.17, 15) is 12.8 Å². The van der Waals surface area contributed by atoms with E-state index in [1.807, 2.05) is 0 Å². The van der Waals surface area contributed by atoms with E-state index in [1.54, 1.807) is 6.92 Å². The molecule has 2 aromatic rings. The van der Waals surface area contributed by atoms with E-state index < -0.39 is 15.8 Å². The van der Waals surface area contributed by atoms with Gasteiger partial charge in [0.15, 0.2) is 5.82 Å². The van der Waals surface area contributed by atoms with E-state index in [0.717, 1.165) is 6.07 Å². The summed E-state index contributed by atoms with van der Waals surface area (Å²) in [6.07, 6.45) is 0. The summed E-state index contributed by atoms with van der Waals surface area (Å²) >= 11 is 0. The molecule has 2 rings (SSSR count). The number of hydrogen-bond donors (Lipinski definition) is 2. The first-order chi connectivity index (χ1) is 8.79. The Balaban J connectivity index is 2.45. The molecule has 102 valence electrons. The second kappa shape index (κ2) is 4.54. The molecule has 0 unspecified atom stereocenters. The quantitative estimate of drug-likeness (QED) is 0.838. The molecular formula is C11H12FN3O3S. The fourth-order valence-corrected chi connectivity index (χ4v) is 2.83. The summed E-state index contributed by atoms with van der Waals surface area (Å²) in [5.74, 6) is -0.204. The van der Waals surface area contributed by atoms with Gasteiger partial charge in [0.05, 0.1) is 4.90 Å². The molecule has 3 N–H and O–H groups in total. The summed E-state index contributed by atoms with van der Waals surface area (Å²) in [5.41, 5.74) is 5.47. The predicted molar refractivity (Wildman–Crippen MR) is 67.6 cm³/mol. The number of anilines is 2. The SMILES string of the molecule is Cc1cc(NS(=O)(=O)c2cc(N)cc(F)c2C)no1. The highest BCUT2D eigenvalue weighted by Crippen LogP contribution is 2.24. The zero-order chi connectivity index (χ0) is 14.2. The fraction of sp³-hybridized carbons (Fsp3) is 0.182. The molecule has 0 amide bonds. The van der Waals surface area contributed by atoms with E-state index in [2.05, 4.69) is 9.88 Å². The highest BCUT2D eigenvalue weighted by molar-refractivity contribution is 7.92. The minimum atomic E-state index is -3.97. The molecule has 0 fully saturated rings. The molecule has 1 aromatic heterocycles. The number of nitrogen functional groups attached to an aromatic ring is 1. The zero-order valence-electron chi connectivity index (χ0n) is 10.3. The molecule has 0 aliphatic rings. The van der Waals surface area contributed by atoms with Crippen LogP contribution >= 0.6 is 0 Å². The molecule has 0 radical (unpaired) electrons. The van der Waals surface area contributed by atoms with Gasteiger partial charge in [-0.05, 0) is 26.0 Å². The van der Waals surface area contributed by atoms with Crippen molar-refractivity contribution in [3.05, 3.63) is 35.3 Å². The summed E-state index contributed by atoms with van der Waals surface area (Å²) in [5, 5.41) is 3.51. The van der Waals surface area contributed by atoms with Gasteiger partial charge in [-0.15, -0.1) is 0 Å². The molecule has 19 heavy (non-hydrogen) atoms. The number of hydrogen-bond acceptors (Lipinski definition) is 5. The first kappa shape index (κ1) is 13.3. The molecule has 0 saturated carbocycles. The number of aryl methyl sites for hydroxylation is 1. The lowest BCUT2D eigenvalue weighted by atomic mass is 10.2. The zero-order valence-corrected chi connectivity index (χ0v) is 11.1. The van der Waals surface area contributed by atoms with E-state index in [-0.39, 0.29) is 22.0 Å². The largest absolute Gasteiger partial charge is 0.399 e. The Kier molecular flexibility index (Phi) is 3.19. The molecule has 0 atom stereocenters. The first-order valence-electron chi connectivity index (χ1n) is 5.31. The van der Waals surface area contributed by atoms with Gasteiger partial charge >= 0.3 is 0 Å². The molecule has 6 nitrogen and oxygen atoms in total. The van der Waals surface area contributed by atoms with E-state index >= 15 is 0 Å². The van der Waals surface area contributed by atoms with Crippen LogP contribution < -0.4 is 10.5 Å². The number of benzene rings is 1. The molecule has 0 spiro atoms. The van der Waals surface area contributed by atoms with Crippen molar-refractivity contribution in [2.75, 3.05) is 10.5 Å². The highest BCUT2D eigenvalue weighted by Gasteiger charge is 2.21. The Labute approximate surface area is 109 Å². The summed E-state index contributed by atoms with van der Waals surface area (Å²) in [4.78, 5) is -0.231. The van der Waals surface area contributed by atoms with E-state index in [0.29, 0.717) is 5.76 Å². The van der Waals surface area contributed by atoms with Gasteiger partial charge in [0.2, 0.25) is 0 Å². The number of nitrogens with two attached hydrogens (primary N) is 1. The van der Waals surface area contributed by atoms with E-state index in [4.69, 9.17) is 10.3 Å². The van der Waals surface area contributed by atoms with Gasteiger partial charge in [0.1, 0.15) is 11.6 Å². The number of sulfonamides is 1. The van der Waals surface area contributed by atoms with Crippen LogP contribution in [0.1, 0.15) is 11.3 Å². The molecular weight excluding hydrogens is 273 g/mol. The summed E-state index contributed by atoms with van der Waals surface area (Å²) in [6.45, 7) is 2.98. The summed E-state index contributed by atoms with van der Waals surface area (Å²) in [6, 6.07) is 3.66. The minimum absolute atomic E-state index is 0.0121. The summed E-state index contributed by atoms with van der Waals surface area (Å²) in [7, 11) is -3.97. The van der Waals surface area contributed by atoms with Crippen LogP contribution in [0.4, 0.5) is 15.9 Å². The molecule has 0 bridgehead atoms. The maximum atomic E-state index is 13.5. The molecule has 1 aromatic carbocycles. The monoisotopic (exact) mass is 285 g/mol. The Morgan fingerprint density at radius 3 is 2.58 bits per heavy atom. The van der Waals surface area contributed by atoms with Crippen LogP contribution in [-0.2, 0) is 10.0 Å². The van der Waals surface area contributed by atoms with Crippen LogP contribution in [-0.4, -0.2) is 13.6 Å².